The molecular weight excluding hydrogens is 212 g/mol. The summed E-state index contributed by atoms with van der Waals surface area (Å²) in [5.74, 6) is 1.76. The lowest BCUT2D eigenvalue weighted by atomic mass is 9.73. The van der Waals surface area contributed by atoms with Crippen molar-refractivity contribution in [3.63, 3.8) is 0 Å². The molecule has 2 unspecified atom stereocenters. The van der Waals surface area contributed by atoms with E-state index in [-0.39, 0.29) is 0 Å². The quantitative estimate of drug-likeness (QED) is 0.806. The predicted molar refractivity (Wildman–Crippen MR) is 69.1 cm³/mol. The smallest absolute Gasteiger partial charge is 0.0643 e. The van der Waals surface area contributed by atoms with E-state index in [9.17, 15) is 0 Å². The first-order valence-electron chi connectivity index (χ1n) is 7.32. The zero-order valence-corrected chi connectivity index (χ0v) is 11.2. The minimum absolute atomic E-state index is 0.647. The van der Waals surface area contributed by atoms with E-state index in [1.165, 1.54) is 32.4 Å². The summed E-state index contributed by atoms with van der Waals surface area (Å²) in [5.41, 5.74) is 0. The fourth-order valence-electron chi connectivity index (χ4n) is 3.77. The molecule has 0 aromatic heterocycles. The lowest BCUT2D eigenvalue weighted by molar-refractivity contribution is -0.0386. The molecule has 2 heterocycles. The van der Waals surface area contributed by atoms with Gasteiger partial charge in [-0.2, -0.15) is 0 Å². The van der Waals surface area contributed by atoms with Gasteiger partial charge in [-0.25, -0.2) is 0 Å². The second-order valence-corrected chi connectivity index (χ2v) is 6.43. The van der Waals surface area contributed by atoms with Gasteiger partial charge in [0.2, 0.25) is 0 Å². The molecule has 1 N–H and O–H groups in total. The van der Waals surface area contributed by atoms with Crippen molar-refractivity contribution in [1.82, 2.24) is 10.2 Å². The Morgan fingerprint density at radius 2 is 1.76 bits per heavy atom. The van der Waals surface area contributed by atoms with Crippen molar-refractivity contribution in [3.05, 3.63) is 0 Å². The SMILES string of the molecule is CC(C)N1CC2CCCC(C1)C2NC1COC1. The predicted octanol–water partition coefficient (Wildman–Crippen LogP) is 1.48. The lowest BCUT2D eigenvalue weighted by Gasteiger charge is -2.50. The number of likely N-dealkylation sites (tertiary alicyclic amines) is 1. The van der Waals surface area contributed by atoms with Gasteiger partial charge in [0.1, 0.15) is 0 Å². The van der Waals surface area contributed by atoms with Crippen LogP contribution in [0.5, 0.6) is 0 Å². The first-order chi connectivity index (χ1) is 8.24. The van der Waals surface area contributed by atoms with Crippen LogP contribution >= 0.6 is 0 Å². The topological polar surface area (TPSA) is 24.5 Å². The van der Waals surface area contributed by atoms with E-state index in [2.05, 4.69) is 24.1 Å². The van der Waals surface area contributed by atoms with Crippen LogP contribution < -0.4 is 5.32 Å². The molecule has 2 atom stereocenters. The Balaban J connectivity index is 1.64. The van der Waals surface area contributed by atoms with Crippen LogP contribution in [0.2, 0.25) is 0 Å². The van der Waals surface area contributed by atoms with Crippen LogP contribution in [0.3, 0.4) is 0 Å². The van der Waals surface area contributed by atoms with Crippen LogP contribution in [0, 0.1) is 11.8 Å². The highest BCUT2D eigenvalue weighted by atomic mass is 16.5. The Morgan fingerprint density at radius 3 is 2.24 bits per heavy atom. The molecule has 0 aromatic rings. The minimum atomic E-state index is 0.647. The standard InChI is InChI=1S/C14H26N2O/c1-10(2)16-6-11-4-3-5-12(7-16)14(11)15-13-8-17-9-13/h10-15H,3-9H2,1-2H3. The van der Waals surface area contributed by atoms with Crippen molar-refractivity contribution in [1.29, 1.82) is 0 Å². The van der Waals surface area contributed by atoms with Gasteiger partial charge in [0.25, 0.3) is 0 Å². The van der Waals surface area contributed by atoms with Crippen molar-refractivity contribution in [2.45, 2.75) is 51.2 Å². The number of hydrogen-bond donors (Lipinski definition) is 1. The highest BCUT2D eigenvalue weighted by Crippen LogP contribution is 2.36. The summed E-state index contributed by atoms with van der Waals surface area (Å²) in [4.78, 5) is 2.68. The number of rotatable bonds is 3. The van der Waals surface area contributed by atoms with Crippen molar-refractivity contribution in [2.75, 3.05) is 26.3 Å². The second kappa shape index (κ2) is 4.87. The third kappa shape index (κ3) is 2.38. The molecule has 98 valence electrons. The zero-order chi connectivity index (χ0) is 11.8. The van der Waals surface area contributed by atoms with Crippen LogP contribution in [-0.2, 0) is 4.74 Å². The van der Waals surface area contributed by atoms with Crippen LogP contribution in [0.1, 0.15) is 33.1 Å². The molecule has 1 aliphatic carbocycles. The maximum absolute atomic E-state index is 5.28. The van der Waals surface area contributed by atoms with Gasteiger partial charge in [0, 0.05) is 25.2 Å². The van der Waals surface area contributed by atoms with Gasteiger partial charge in [0.15, 0.2) is 0 Å². The van der Waals surface area contributed by atoms with E-state index in [1.54, 1.807) is 0 Å². The van der Waals surface area contributed by atoms with Gasteiger partial charge in [0.05, 0.1) is 19.3 Å². The van der Waals surface area contributed by atoms with E-state index in [0.29, 0.717) is 12.1 Å². The van der Waals surface area contributed by atoms with Crippen LogP contribution in [-0.4, -0.2) is 49.3 Å². The molecule has 0 aromatic carbocycles. The van der Waals surface area contributed by atoms with E-state index in [4.69, 9.17) is 4.74 Å². The van der Waals surface area contributed by atoms with Gasteiger partial charge in [-0.1, -0.05) is 6.42 Å². The fourth-order valence-corrected chi connectivity index (χ4v) is 3.77. The maximum Gasteiger partial charge on any atom is 0.0643 e. The lowest BCUT2D eigenvalue weighted by Crippen LogP contribution is -2.62. The van der Waals surface area contributed by atoms with Gasteiger partial charge < -0.3 is 15.0 Å². The number of hydrogen-bond acceptors (Lipinski definition) is 3. The second-order valence-electron chi connectivity index (χ2n) is 6.43. The Hall–Kier alpha value is -0.120. The molecule has 2 saturated heterocycles. The van der Waals surface area contributed by atoms with Gasteiger partial charge in [-0.05, 0) is 38.5 Å². The first-order valence-corrected chi connectivity index (χ1v) is 7.32. The molecule has 0 amide bonds. The molecule has 3 nitrogen and oxygen atoms in total. The highest BCUT2D eigenvalue weighted by molar-refractivity contribution is 4.97. The molecule has 2 bridgehead atoms. The zero-order valence-electron chi connectivity index (χ0n) is 11.2. The summed E-state index contributed by atoms with van der Waals surface area (Å²) in [6.07, 6.45) is 4.29. The molecule has 3 heteroatoms. The molecule has 17 heavy (non-hydrogen) atoms. The van der Waals surface area contributed by atoms with E-state index < -0.39 is 0 Å². The molecule has 3 aliphatic rings. The van der Waals surface area contributed by atoms with Crippen molar-refractivity contribution >= 4 is 0 Å². The molecule has 2 aliphatic heterocycles. The number of nitrogens with one attached hydrogen (secondary N) is 1. The Morgan fingerprint density at radius 1 is 1.12 bits per heavy atom. The summed E-state index contributed by atoms with van der Waals surface area (Å²) >= 11 is 0. The number of nitrogens with zero attached hydrogens (tertiary/aromatic N) is 1. The van der Waals surface area contributed by atoms with E-state index in [1.807, 2.05) is 0 Å². The molecule has 0 radical (unpaired) electrons. The average Bonchev–Trinajstić information content (AvgIpc) is 2.22. The van der Waals surface area contributed by atoms with Crippen molar-refractivity contribution in [2.24, 2.45) is 11.8 Å². The van der Waals surface area contributed by atoms with Crippen LogP contribution in [0.25, 0.3) is 0 Å². The molecule has 3 rings (SSSR count). The van der Waals surface area contributed by atoms with E-state index >= 15 is 0 Å². The number of piperidine rings is 1. The molecule has 1 saturated carbocycles. The average molecular weight is 238 g/mol. The normalized spacial score (nSPS) is 39.4. The first kappa shape index (κ1) is 11.9. The van der Waals surface area contributed by atoms with Crippen molar-refractivity contribution < 1.29 is 4.74 Å². The third-order valence-corrected chi connectivity index (χ3v) is 4.90. The summed E-state index contributed by atoms with van der Waals surface area (Å²) in [6, 6.07) is 2.13. The van der Waals surface area contributed by atoms with Gasteiger partial charge in [-0.15, -0.1) is 0 Å². The minimum Gasteiger partial charge on any atom is -0.378 e. The number of fused-ring (bicyclic) bond motifs is 2. The van der Waals surface area contributed by atoms with Gasteiger partial charge >= 0.3 is 0 Å². The molecule has 0 spiro atoms. The highest BCUT2D eigenvalue weighted by Gasteiger charge is 2.41. The summed E-state index contributed by atoms with van der Waals surface area (Å²) in [7, 11) is 0. The number of ether oxygens (including phenoxy) is 1. The third-order valence-electron chi connectivity index (χ3n) is 4.90. The summed E-state index contributed by atoms with van der Waals surface area (Å²) in [5, 5.41) is 3.87. The van der Waals surface area contributed by atoms with Crippen molar-refractivity contribution in [3.8, 4) is 0 Å². The Labute approximate surface area is 105 Å². The monoisotopic (exact) mass is 238 g/mol. The van der Waals surface area contributed by atoms with Crippen LogP contribution in [0.4, 0.5) is 0 Å². The largest absolute Gasteiger partial charge is 0.378 e. The summed E-state index contributed by atoms with van der Waals surface area (Å²) in [6.45, 7) is 9.15. The van der Waals surface area contributed by atoms with E-state index in [0.717, 1.165) is 31.1 Å². The maximum atomic E-state index is 5.28. The van der Waals surface area contributed by atoms with Gasteiger partial charge in [-0.3, -0.25) is 0 Å². The van der Waals surface area contributed by atoms with Crippen LogP contribution in [0.15, 0.2) is 0 Å². The Bertz CT molecular complexity index is 251. The Kier molecular flexibility index (Phi) is 3.42. The molecular formula is C14H26N2O. The summed E-state index contributed by atoms with van der Waals surface area (Å²) < 4.78 is 5.28. The fraction of sp³-hybridized carbons (Fsp3) is 1.00. The molecule has 3 fully saturated rings.